The molecular formula is C13H18N2. The van der Waals surface area contributed by atoms with Crippen molar-refractivity contribution in [3.05, 3.63) is 36.0 Å². The van der Waals surface area contributed by atoms with Crippen LogP contribution >= 0.6 is 0 Å². The molecule has 0 aliphatic rings. The van der Waals surface area contributed by atoms with Crippen LogP contribution in [0, 0.1) is 0 Å². The highest BCUT2D eigenvalue weighted by Crippen LogP contribution is 2.17. The molecule has 0 fully saturated rings. The number of hydrogen-bond donors (Lipinski definition) is 1. The molecule has 2 heteroatoms. The predicted molar refractivity (Wildman–Crippen MR) is 64.9 cm³/mol. The molecule has 0 saturated carbocycles. The quantitative estimate of drug-likeness (QED) is 0.807. The molecule has 1 aromatic carbocycles. The lowest BCUT2D eigenvalue weighted by Gasteiger charge is -2.15. The Kier molecular flexibility index (Phi) is 3.07. The van der Waals surface area contributed by atoms with E-state index in [-0.39, 0.29) is 0 Å². The van der Waals surface area contributed by atoms with Crippen molar-refractivity contribution in [3.8, 4) is 0 Å². The molecule has 1 heterocycles. The molecular weight excluding hydrogens is 184 g/mol. The van der Waals surface area contributed by atoms with Gasteiger partial charge in [-0.2, -0.15) is 0 Å². The van der Waals surface area contributed by atoms with Crippen LogP contribution < -0.4 is 0 Å². The third-order valence-electron chi connectivity index (χ3n) is 2.72. The minimum atomic E-state index is 1.02. The first-order valence-corrected chi connectivity index (χ1v) is 5.55. The Hall–Kier alpha value is -1.28. The van der Waals surface area contributed by atoms with Crippen LogP contribution in [0.5, 0.6) is 0 Å². The number of para-hydroxylation sites is 1. The van der Waals surface area contributed by atoms with Gasteiger partial charge in [0.25, 0.3) is 0 Å². The number of nitrogens with one attached hydrogen (secondary N) is 1. The zero-order valence-electron chi connectivity index (χ0n) is 9.46. The summed E-state index contributed by atoms with van der Waals surface area (Å²) in [4.78, 5) is 5.67. The Morgan fingerprint density at radius 2 is 2.13 bits per heavy atom. The van der Waals surface area contributed by atoms with Gasteiger partial charge in [0.15, 0.2) is 0 Å². The molecule has 0 radical (unpaired) electrons. The summed E-state index contributed by atoms with van der Waals surface area (Å²) in [6, 6.07) is 8.60. The van der Waals surface area contributed by atoms with Crippen molar-refractivity contribution < 1.29 is 0 Å². The molecule has 2 nitrogen and oxygen atoms in total. The first-order chi connectivity index (χ1) is 7.31. The number of benzene rings is 1. The van der Waals surface area contributed by atoms with Crippen molar-refractivity contribution in [1.29, 1.82) is 0 Å². The van der Waals surface area contributed by atoms with Crippen LogP contribution in [0.15, 0.2) is 30.5 Å². The molecule has 0 saturated heterocycles. The monoisotopic (exact) mass is 202 g/mol. The number of fused-ring (bicyclic) bond motifs is 1. The normalized spacial score (nSPS) is 11.4. The summed E-state index contributed by atoms with van der Waals surface area (Å²) < 4.78 is 0. The first kappa shape index (κ1) is 10.2. The van der Waals surface area contributed by atoms with Crippen LogP contribution in [-0.4, -0.2) is 23.5 Å². The summed E-state index contributed by atoms with van der Waals surface area (Å²) in [5.74, 6) is 0. The molecule has 0 atom stereocenters. The first-order valence-electron chi connectivity index (χ1n) is 5.55. The summed E-state index contributed by atoms with van der Waals surface area (Å²) in [5.41, 5.74) is 2.66. The van der Waals surface area contributed by atoms with Crippen molar-refractivity contribution in [3.63, 3.8) is 0 Å². The highest BCUT2D eigenvalue weighted by atomic mass is 15.1. The number of hydrogen-bond acceptors (Lipinski definition) is 1. The van der Waals surface area contributed by atoms with E-state index in [9.17, 15) is 0 Å². The third kappa shape index (κ3) is 2.21. The number of aromatic nitrogens is 1. The maximum Gasteiger partial charge on any atom is 0.0499 e. The van der Waals surface area contributed by atoms with Gasteiger partial charge in [0, 0.05) is 18.3 Å². The standard InChI is InChI=1S/C13H18N2/c1-3-9-15(2)10-12-6-4-5-11-7-8-14-13(11)12/h4-8,14H,3,9-10H2,1-2H3. The second-order valence-corrected chi connectivity index (χ2v) is 4.10. The van der Waals surface area contributed by atoms with E-state index in [4.69, 9.17) is 0 Å². The predicted octanol–water partition coefficient (Wildman–Crippen LogP) is 3.01. The average Bonchev–Trinajstić information content (AvgIpc) is 2.67. The molecule has 80 valence electrons. The maximum absolute atomic E-state index is 3.31. The number of nitrogens with zero attached hydrogens (tertiary/aromatic N) is 1. The van der Waals surface area contributed by atoms with E-state index in [1.54, 1.807) is 0 Å². The van der Waals surface area contributed by atoms with Gasteiger partial charge in [-0.05, 0) is 37.0 Å². The van der Waals surface area contributed by atoms with E-state index in [1.165, 1.54) is 22.9 Å². The second kappa shape index (κ2) is 4.49. The van der Waals surface area contributed by atoms with Crippen LogP contribution in [0.3, 0.4) is 0 Å². The van der Waals surface area contributed by atoms with Crippen molar-refractivity contribution in [1.82, 2.24) is 9.88 Å². The Balaban J connectivity index is 2.23. The van der Waals surface area contributed by atoms with Gasteiger partial charge in [-0.3, -0.25) is 0 Å². The number of rotatable bonds is 4. The van der Waals surface area contributed by atoms with E-state index in [0.29, 0.717) is 0 Å². The molecule has 1 aromatic heterocycles. The van der Waals surface area contributed by atoms with Crippen LogP contribution in [0.2, 0.25) is 0 Å². The van der Waals surface area contributed by atoms with Crippen LogP contribution in [0.25, 0.3) is 10.9 Å². The van der Waals surface area contributed by atoms with Crippen molar-refractivity contribution >= 4 is 10.9 Å². The van der Waals surface area contributed by atoms with Gasteiger partial charge in [0.2, 0.25) is 0 Å². The van der Waals surface area contributed by atoms with Crippen molar-refractivity contribution in [2.24, 2.45) is 0 Å². The molecule has 0 aliphatic carbocycles. The van der Waals surface area contributed by atoms with Gasteiger partial charge in [0.1, 0.15) is 0 Å². The molecule has 0 aliphatic heterocycles. The molecule has 2 rings (SSSR count). The number of H-pyrrole nitrogens is 1. The minimum absolute atomic E-state index is 1.02. The third-order valence-corrected chi connectivity index (χ3v) is 2.72. The summed E-state index contributed by atoms with van der Waals surface area (Å²) in [6.45, 7) is 4.38. The Bertz CT molecular complexity index is 431. The minimum Gasteiger partial charge on any atom is -0.361 e. The van der Waals surface area contributed by atoms with Crippen LogP contribution in [-0.2, 0) is 6.54 Å². The lowest BCUT2D eigenvalue weighted by Crippen LogP contribution is -2.18. The second-order valence-electron chi connectivity index (χ2n) is 4.10. The average molecular weight is 202 g/mol. The zero-order chi connectivity index (χ0) is 10.7. The summed E-state index contributed by atoms with van der Waals surface area (Å²) in [7, 11) is 2.17. The summed E-state index contributed by atoms with van der Waals surface area (Å²) in [6.07, 6.45) is 3.21. The van der Waals surface area contributed by atoms with E-state index in [0.717, 1.165) is 13.1 Å². The van der Waals surface area contributed by atoms with E-state index in [1.807, 2.05) is 6.20 Å². The Morgan fingerprint density at radius 3 is 2.93 bits per heavy atom. The molecule has 2 aromatic rings. The SMILES string of the molecule is CCCN(C)Cc1cccc2cc[nH]c12. The van der Waals surface area contributed by atoms with Crippen molar-refractivity contribution in [2.45, 2.75) is 19.9 Å². The molecule has 1 N–H and O–H groups in total. The molecule has 0 bridgehead atoms. The fourth-order valence-corrected chi connectivity index (χ4v) is 2.03. The van der Waals surface area contributed by atoms with Gasteiger partial charge in [-0.25, -0.2) is 0 Å². The fourth-order valence-electron chi connectivity index (χ4n) is 2.03. The van der Waals surface area contributed by atoms with Crippen LogP contribution in [0.1, 0.15) is 18.9 Å². The fraction of sp³-hybridized carbons (Fsp3) is 0.385. The van der Waals surface area contributed by atoms with Gasteiger partial charge in [-0.1, -0.05) is 25.1 Å². The largest absolute Gasteiger partial charge is 0.361 e. The lowest BCUT2D eigenvalue weighted by atomic mass is 10.1. The maximum atomic E-state index is 3.31. The summed E-state index contributed by atoms with van der Waals surface area (Å²) in [5, 5.41) is 1.30. The van der Waals surface area contributed by atoms with Gasteiger partial charge >= 0.3 is 0 Å². The zero-order valence-corrected chi connectivity index (χ0v) is 9.46. The van der Waals surface area contributed by atoms with Crippen molar-refractivity contribution in [2.75, 3.05) is 13.6 Å². The lowest BCUT2D eigenvalue weighted by molar-refractivity contribution is 0.328. The van der Waals surface area contributed by atoms with Gasteiger partial charge < -0.3 is 9.88 Å². The topological polar surface area (TPSA) is 19.0 Å². The van der Waals surface area contributed by atoms with E-state index < -0.39 is 0 Å². The summed E-state index contributed by atoms with van der Waals surface area (Å²) >= 11 is 0. The Morgan fingerprint density at radius 1 is 1.27 bits per heavy atom. The highest BCUT2D eigenvalue weighted by Gasteiger charge is 2.04. The smallest absolute Gasteiger partial charge is 0.0499 e. The molecule has 0 amide bonds. The van der Waals surface area contributed by atoms with Gasteiger partial charge in [0.05, 0.1) is 0 Å². The Labute approximate surface area is 90.9 Å². The van der Waals surface area contributed by atoms with Crippen LogP contribution in [0.4, 0.5) is 0 Å². The van der Waals surface area contributed by atoms with E-state index in [2.05, 4.69) is 48.1 Å². The number of aromatic amines is 1. The van der Waals surface area contributed by atoms with E-state index >= 15 is 0 Å². The molecule has 0 spiro atoms. The molecule has 15 heavy (non-hydrogen) atoms. The van der Waals surface area contributed by atoms with Gasteiger partial charge in [-0.15, -0.1) is 0 Å². The molecule has 0 unspecified atom stereocenters. The highest BCUT2D eigenvalue weighted by molar-refractivity contribution is 5.82.